The number of carbonyl (C=O) groups excluding carboxylic acids is 1. The van der Waals surface area contributed by atoms with E-state index in [0.717, 1.165) is 5.56 Å². The van der Waals surface area contributed by atoms with Crippen LogP contribution < -0.4 is 11.1 Å². The number of nitrogens with zero attached hydrogens (tertiary/aromatic N) is 1. The highest BCUT2D eigenvalue weighted by Gasteiger charge is 2.15. The van der Waals surface area contributed by atoms with Gasteiger partial charge in [-0.3, -0.25) is 4.79 Å². The van der Waals surface area contributed by atoms with E-state index < -0.39 is 0 Å². The number of aryl methyl sites for hydroxylation is 1. The summed E-state index contributed by atoms with van der Waals surface area (Å²) in [6, 6.07) is 1.95. The first-order valence-corrected chi connectivity index (χ1v) is 7.50. The number of nitrogens with one attached hydrogen (secondary N) is 1. The van der Waals surface area contributed by atoms with E-state index in [1.165, 1.54) is 0 Å². The molecule has 0 bridgehead atoms. The molecule has 20 heavy (non-hydrogen) atoms. The van der Waals surface area contributed by atoms with Crippen molar-refractivity contribution < 1.29 is 9.21 Å². The molecular weight excluding hydrogens is 274 g/mol. The summed E-state index contributed by atoms with van der Waals surface area (Å²) in [5, 5.41) is 6.79. The van der Waals surface area contributed by atoms with Crippen LogP contribution >= 0.6 is 11.3 Å². The number of rotatable bonds is 6. The first-order chi connectivity index (χ1) is 9.60. The van der Waals surface area contributed by atoms with Gasteiger partial charge in [0.2, 0.25) is 11.8 Å². The van der Waals surface area contributed by atoms with Gasteiger partial charge in [-0.05, 0) is 30.8 Å². The maximum atomic E-state index is 11.8. The van der Waals surface area contributed by atoms with E-state index in [1.807, 2.05) is 30.7 Å². The molecule has 0 aromatic carbocycles. The molecule has 6 heteroatoms. The Kier molecular flexibility index (Phi) is 4.92. The van der Waals surface area contributed by atoms with E-state index in [2.05, 4.69) is 10.3 Å². The number of carbonyl (C=O) groups is 1. The molecule has 2 rings (SSSR count). The zero-order valence-corrected chi connectivity index (χ0v) is 12.5. The predicted molar refractivity (Wildman–Crippen MR) is 79.5 cm³/mol. The Balaban J connectivity index is 1.98. The third-order valence-electron chi connectivity index (χ3n) is 3.04. The third kappa shape index (κ3) is 3.68. The summed E-state index contributed by atoms with van der Waals surface area (Å²) in [6.45, 7) is 4.97. The molecular formula is C14H19N3O2S. The summed E-state index contributed by atoms with van der Waals surface area (Å²) in [5.74, 6) is 1.48. The van der Waals surface area contributed by atoms with Gasteiger partial charge in [-0.1, -0.05) is 6.92 Å². The maximum Gasteiger partial charge on any atom is 0.227 e. The fourth-order valence-corrected chi connectivity index (χ4v) is 2.32. The topological polar surface area (TPSA) is 81.2 Å². The van der Waals surface area contributed by atoms with Crippen LogP contribution in [-0.2, 0) is 11.2 Å². The standard InChI is InChI=1S/C14H19N3O2S/c1-9(6-15)7-16-13(18)5-12-10(2)19-14(17-12)11-3-4-20-8-11/h3-4,8-9H,5-7,15H2,1-2H3,(H,16,18). The van der Waals surface area contributed by atoms with Crippen molar-refractivity contribution in [3.8, 4) is 11.5 Å². The number of oxazole rings is 1. The zero-order chi connectivity index (χ0) is 14.5. The Labute approximate surface area is 122 Å². The minimum Gasteiger partial charge on any atom is -0.441 e. The second-order valence-corrected chi connectivity index (χ2v) is 5.64. The molecule has 0 aliphatic rings. The normalized spacial score (nSPS) is 12.3. The molecule has 0 saturated heterocycles. The first kappa shape index (κ1) is 14.7. The van der Waals surface area contributed by atoms with E-state index in [-0.39, 0.29) is 18.2 Å². The van der Waals surface area contributed by atoms with Crippen molar-refractivity contribution in [3.05, 3.63) is 28.3 Å². The molecule has 0 spiro atoms. The molecule has 0 aliphatic carbocycles. The highest BCUT2D eigenvalue weighted by molar-refractivity contribution is 7.08. The second-order valence-electron chi connectivity index (χ2n) is 4.86. The monoisotopic (exact) mass is 293 g/mol. The minimum atomic E-state index is -0.0569. The highest BCUT2D eigenvalue weighted by Crippen LogP contribution is 2.23. The number of thiophene rings is 1. The maximum absolute atomic E-state index is 11.8. The lowest BCUT2D eigenvalue weighted by Gasteiger charge is -2.09. The molecule has 2 aromatic heterocycles. The molecule has 0 aliphatic heterocycles. The molecule has 2 heterocycles. The molecule has 1 unspecified atom stereocenters. The van der Waals surface area contributed by atoms with Gasteiger partial charge < -0.3 is 15.5 Å². The Morgan fingerprint density at radius 2 is 2.40 bits per heavy atom. The quantitative estimate of drug-likeness (QED) is 0.853. The number of aromatic nitrogens is 1. The summed E-state index contributed by atoms with van der Waals surface area (Å²) in [6.07, 6.45) is 0.233. The van der Waals surface area contributed by atoms with Gasteiger partial charge in [-0.2, -0.15) is 11.3 Å². The second kappa shape index (κ2) is 6.67. The van der Waals surface area contributed by atoms with Gasteiger partial charge >= 0.3 is 0 Å². The summed E-state index contributed by atoms with van der Waals surface area (Å²) >= 11 is 1.59. The van der Waals surface area contributed by atoms with Crippen molar-refractivity contribution in [2.75, 3.05) is 13.1 Å². The van der Waals surface area contributed by atoms with Gasteiger partial charge in [0, 0.05) is 17.5 Å². The third-order valence-corrected chi connectivity index (χ3v) is 3.72. The molecule has 5 nitrogen and oxygen atoms in total. The molecule has 0 fully saturated rings. The Bertz CT molecular complexity index is 563. The molecule has 0 radical (unpaired) electrons. The Morgan fingerprint density at radius 1 is 1.60 bits per heavy atom. The number of nitrogens with two attached hydrogens (primary N) is 1. The van der Waals surface area contributed by atoms with Gasteiger partial charge in [0.05, 0.1) is 12.1 Å². The summed E-state index contributed by atoms with van der Waals surface area (Å²) in [4.78, 5) is 16.2. The van der Waals surface area contributed by atoms with E-state index in [4.69, 9.17) is 10.2 Å². The van der Waals surface area contributed by atoms with Crippen molar-refractivity contribution in [1.82, 2.24) is 10.3 Å². The lowest BCUT2D eigenvalue weighted by atomic mass is 10.2. The summed E-state index contributed by atoms with van der Waals surface area (Å²) in [7, 11) is 0. The zero-order valence-electron chi connectivity index (χ0n) is 11.7. The molecule has 108 valence electrons. The Hall–Kier alpha value is -1.66. The van der Waals surface area contributed by atoms with Crippen LogP contribution in [0.25, 0.3) is 11.5 Å². The SMILES string of the molecule is Cc1oc(-c2ccsc2)nc1CC(=O)NCC(C)CN. The van der Waals surface area contributed by atoms with Crippen LogP contribution in [0.15, 0.2) is 21.2 Å². The smallest absolute Gasteiger partial charge is 0.227 e. The lowest BCUT2D eigenvalue weighted by molar-refractivity contribution is -0.120. The minimum absolute atomic E-state index is 0.0569. The van der Waals surface area contributed by atoms with Crippen molar-refractivity contribution in [2.24, 2.45) is 11.7 Å². The van der Waals surface area contributed by atoms with Gasteiger partial charge in [-0.25, -0.2) is 4.98 Å². The average Bonchev–Trinajstić information content (AvgIpc) is 3.06. The Morgan fingerprint density at radius 3 is 3.05 bits per heavy atom. The van der Waals surface area contributed by atoms with Crippen molar-refractivity contribution >= 4 is 17.2 Å². The van der Waals surface area contributed by atoms with E-state index in [0.29, 0.717) is 30.4 Å². The van der Waals surface area contributed by atoms with Crippen LogP contribution in [0.1, 0.15) is 18.4 Å². The highest BCUT2D eigenvalue weighted by atomic mass is 32.1. The van der Waals surface area contributed by atoms with E-state index in [9.17, 15) is 4.79 Å². The molecule has 3 N–H and O–H groups in total. The largest absolute Gasteiger partial charge is 0.441 e. The molecule has 0 saturated carbocycles. The molecule has 2 aromatic rings. The number of hydrogen-bond donors (Lipinski definition) is 2. The fraction of sp³-hybridized carbons (Fsp3) is 0.429. The van der Waals surface area contributed by atoms with Crippen LogP contribution in [0.2, 0.25) is 0 Å². The number of hydrogen-bond acceptors (Lipinski definition) is 5. The number of amides is 1. The summed E-state index contributed by atoms with van der Waals surface area (Å²) in [5.41, 5.74) is 7.15. The van der Waals surface area contributed by atoms with Crippen molar-refractivity contribution in [3.63, 3.8) is 0 Å². The van der Waals surface area contributed by atoms with Crippen LogP contribution in [0.5, 0.6) is 0 Å². The van der Waals surface area contributed by atoms with Gasteiger partial charge in [0.25, 0.3) is 0 Å². The first-order valence-electron chi connectivity index (χ1n) is 6.55. The van der Waals surface area contributed by atoms with E-state index in [1.54, 1.807) is 11.3 Å². The van der Waals surface area contributed by atoms with Gasteiger partial charge in [-0.15, -0.1) is 0 Å². The van der Waals surface area contributed by atoms with Crippen LogP contribution in [0.3, 0.4) is 0 Å². The van der Waals surface area contributed by atoms with Crippen LogP contribution in [0.4, 0.5) is 0 Å². The van der Waals surface area contributed by atoms with Crippen LogP contribution in [0, 0.1) is 12.8 Å². The van der Waals surface area contributed by atoms with Crippen molar-refractivity contribution in [1.29, 1.82) is 0 Å². The predicted octanol–water partition coefficient (Wildman–Crippen LogP) is 1.97. The van der Waals surface area contributed by atoms with E-state index >= 15 is 0 Å². The van der Waals surface area contributed by atoms with Gasteiger partial charge in [0.15, 0.2) is 0 Å². The fourth-order valence-electron chi connectivity index (χ4n) is 1.69. The van der Waals surface area contributed by atoms with Crippen molar-refractivity contribution in [2.45, 2.75) is 20.3 Å². The summed E-state index contributed by atoms with van der Waals surface area (Å²) < 4.78 is 5.60. The molecule has 1 atom stereocenters. The van der Waals surface area contributed by atoms with Crippen LogP contribution in [-0.4, -0.2) is 24.0 Å². The van der Waals surface area contributed by atoms with Gasteiger partial charge in [0.1, 0.15) is 5.76 Å². The lowest BCUT2D eigenvalue weighted by Crippen LogP contribution is -2.32. The average molecular weight is 293 g/mol. The molecule has 1 amide bonds.